The SMILES string of the molecule is C[C@]12C[C@@H](C#N)CC[C@@H]1O2. The summed E-state index contributed by atoms with van der Waals surface area (Å²) < 4.78 is 5.45. The summed E-state index contributed by atoms with van der Waals surface area (Å²) in [7, 11) is 0. The molecule has 2 rings (SSSR count). The lowest BCUT2D eigenvalue weighted by Crippen LogP contribution is -2.21. The molecule has 54 valence electrons. The summed E-state index contributed by atoms with van der Waals surface area (Å²) in [6, 6.07) is 2.31. The molecule has 1 heterocycles. The highest BCUT2D eigenvalue weighted by Crippen LogP contribution is 2.48. The average molecular weight is 137 g/mol. The van der Waals surface area contributed by atoms with Crippen LogP contribution in [0.1, 0.15) is 26.2 Å². The van der Waals surface area contributed by atoms with Crippen LogP contribution in [0.4, 0.5) is 0 Å². The number of nitriles is 1. The summed E-state index contributed by atoms with van der Waals surface area (Å²) in [5.41, 5.74) is 0.0959. The van der Waals surface area contributed by atoms with Gasteiger partial charge in [0.05, 0.1) is 17.8 Å². The van der Waals surface area contributed by atoms with E-state index in [2.05, 4.69) is 13.0 Å². The lowest BCUT2D eigenvalue weighted by atomic mass is 9.83. The van der Waals surface area contributed by atoms with Crippen LogP contribution in [0, 0.1) is 17.2 Å². The highest BCUT2D eigenvalue weighted by atomic mass is 16.6. The van der Waals surface area contributed by atoms with Crippen LogP contribution in [-0.4, -0.2) is 11.7 Å². The van der Waals surface area contributed by atoms with Gasteiger partial charge in [-0.25, -0.2) is 0 Å². The van der Waals surface area contributed by atoms with Gasteiger partial charge in [-0.3, -0.25) is 0 Å². The van der Waals surface area contributed by atoms with Crippen molar-refractivity contribution in [1.29, 1.82) is 5.26 Å². The predicted molar refractivity (Wildman–Crippen MR) is 36.2 cm³/mol. The van der Waals surface area contributed by atoms with Crippen molar-refractivity contribution in [3.8, 4) is 6.07 Å². The van der Waals surface area contributed by atoms with E-state index in [-0.39, 0.29) is 11.5 Å². The minimum absolute atomic E-state index is 0.0959. The first-order valence-corrected chi connectivity index (χ1v) is 3.82. The molecular weight excluding hydrogens is 126 g/mol. The number of hydrogen-bond donors (Lipinski definition) is 0. The first-order valence-electron chi connectivity index (χ1n) is 3.82. The molecule has 2 fully saturated rings. The van der Waals surface area contributed by atoms with Crippen LogP contribution in [0.15, 0.2) is 0 Å². The summed E-state index contributed by atoms with van der Waals surface area (Å²) in [5.74, 6) is 0.253. The zero-order valence-electron chi connectivity index (χ0n) is 6.13. The molecule has 0 aromatic carbocycles. The van der Waals surface area contributed by atoms with E-state index in [1.165, 1.54) is 0 Å². The topological polar surface area (TPSA) is 36.3 Å². The Hall–Kier alpha value is -0.550. The molecule has 0 unspecified atom stereocenters. The van der Waals surface area contributed by atoms with Crippen molar-refractivity contribution in [1.82, 2.24) is 0 Å². The van der Waals surface area contributed by atoms with Crippen LogP contribution in [0.25, 0.3) is 0 Å². The Morgan fingerprint density at radius 3 is 3.00 bits per heavy atom. The highest BCUT2D eigenvalue weighted by Gasteiger charge is 2.55. The van der Waals surface area contributed by atoms with E-state index in [0.29, 0.717) is 6.10 Å². The van der Waals surface area contributed by atoms with Crippen LogP contribution in [0.5, 0.6) is 0 Å². The molecule has 0 aromatic heterocycles. The van der Waals surface area contributed by atoms with Gasteiger partial charge in [0.1, 0.15) is 0 Å². The number of rotatable bonds is 0. The third kappa shape index (κ3) is 0.741. The molecule has 10 heavy (non-hydrogen) atoms. The Bertz CT molecular complexity index is 196. The van der Waals surface area contributed by atoms with Gasteiger partial charge in [0.25, 0.3) is 0 Å². The van der Waals surface area contributed by atoms with E-state index in [1.807, 2.05) is 0 Å². The fourth-order valence-corrected chi connectivity index (χ4v) is 1.89. The molecule has 1 saturated carbocycles. The van der Waals surface area contributed by atoms with Crippen LogP contribution in [0.3, 0.4) is 0 Å². The van der Waals surface area contributed by atoms with Crippen molar-refractivity contribution in [2.24, 2.45) is 5.92 Å². The van der Waals surface area contributed by atoms with Gasteiger partial charge in [0.15, 0.2) is 0 Å². The monoisotopic (exact) mass is 137 g/mol. The van der Waals surface area contributed by atoms with Crippen molar-refractivity contribution >= 4 is 0 Å². The van der Waals surface area contributed by atoms with E-state index < -0.39 is 0 Å². The van der Waals surface area contributed by atoms with E-state index >= 15 is 0 Å². The van der Waals surface area contributed by atoms with Gasteiger partial charge in [-0.15, -0.1) is 0 Å². The third-order valence-corrected chi connectivity index (χ3v) is 2.65. The van der Waals surface area contributed by atoms with Crippen LogP contribution >= 0.6 is 0 Å². The Kier molecular flexibility index (Phi) is 1.07. The zero-order chi connectivity index (χ0) is 7.19. The van der Waals surface area contributed by atoms with Crippen molar-refractivity contribution in [3.05, 3.63) is 0 Å². The largest absolute Gasteiger partial charge is 0.366 e. The Balaban J connectivity index is 2.04. The Morgan fingerprint density at radius 1 is 1.60 bits per heavy atom. The van der Waals surface area contributed by atoms with E-state index in [1.54, 1.807) is 0 Å². The molecule has 3 atom stereocenters. The van der Waals surface area contributed by atoms with Crippen molar-refractivity contribution in [2.45, 2.75) is 37.9 Å². The minimum atomic E-state index is 0.0959. The maximum atomic E-state index is 8.64. The molecule has 2 heteroatoms. The van der Waals surface area contributed by atoms with Gasteiger partial charge >= 0.3 is 0 Å². The summed E-state index contributed by atoms with van der Waals surface area (Å²) >= 11 is 0. The molecule has 2 nitrogen and oxygen atoms in total. The number of ether oxygens (including phenoxy) is 1. The Labute approximate surface area is 60.8 Å². The highest BCUT2D eigenvalue weighted by molar-refractivity contribution is 5.07. The summed E-state index contributed by atoms with van der Waals surface area (Å²) in [5, 5.41) is 8.64. The van der Waals surface area contributed by atoms with E-state index in [9.17, 15) is 0 Å². The first-order chi connectivity index (χ1) is 4.74. The molecule has 0 spiro atoms. The molecule has 0 aromatic rings. The molecule has 1 saturated heterocycles. The predicted octanol–water partition coefficient (Wildman–Crippen LogP) is 1.47. The summed E-state index contributed by atoms with van der Waals surface area (Å²) in [6.45, 7) is 2.11. The van der Waals surface area contributed by atoms with Crippen LogP contribution in [-0.2, 0) is 4.74 Å². The molecule has 0 N–H and O–H groups in total. The van der Waals surface area contributed by atoms with Crippen molar-refractivity contribution < 1.29 is 4.74 Å². The maximum absolute atomic E-state index is 8.64. The summed E-state index contributed by atoms with van der Waals surface area (Å²) in [6.07, 6.45) is 3.57. The van der Waals surface area contributed by atoms with Gasteiger partial charge in [0.2, 0.25) is 0 Å². The fraction of sp³-hybridized carbons (Fsp3) is 0.875. The number of hydrogen-bond acceptors (Lipinski definition) is 2. The average Bonchev–Trinajstić information content (AvgIpc) is 2.58. The van der Waals surface area contributed by atoms with E-state index in [0.717, 1.165) is 19.3 Å². The van der Waals surface area contributed by atoms with Gasteiger partial charge in [-0.2, -0.15) is 5.26 Å². The van der Waals surface area contributed by atoms with Gasteiger partial charge in [-0.05, 0) is 26.2 Å². The molecule has 1 aliphatic heterocycles. The molecule has 0 amide bonds. The number of nitrogens with zero attached hydrogens (tertiary/aromatic N) is 1. The second-order valence-electron chi connectivity index (χ2n) is 3.53. The molecule has 2 aliphatic rings. The second-order valence-corrected chi connectivity index (χ2v) is 3.53. The fourth-order valence-electron chi connectivity index (χ4n) is 1.89. The second kappa shape index (κ2) is 1.73. The molecule has 0 radical (unpaired) electrons. The Morgan fingerprint density at radius 2 is 2.40 bits per heavy atom. The maximum Gasteiger partial charge on any atom is 0.0933 e. The van der Waals surface area contributed by atoms with Crippen LogP contribution < -0.4 is 0 Å². The lowest BCUT2D eigenvalue weighted by Gasteiger charge is -2.16. The zero-order valence-corrected chi connectivity index (χ0v) is 6.13. The normalized spacial score (nSPS) is 51.2. The van der Waals surface area contributed by atoms with E-state index in [4.69, 9.17) is 10.00 Å². The standard InChI is InChI=1S/C8H11NO/c1-8-4-6(5-9)2-3-7(8)10-8/h6-7H,2-4H2,1H3/t6-,7-,8-/m0/s1. The molecular formula is C8H11NO. The lowest BCUT2D eigenvalue weighted by molar-refractivity contribution is 0.292. The first kappa shape index (κ1) is 6.18. The number of epoxide rings is 1. The van der Waals surface area contributed by atoms with Crippen molar-refractivity contribution in [3.63, 3.8) is 0 Å². The van der Waals surface area contributed by atoms with Gasteiger partial charge in [0, 0.05) is 5.92 Å². The summed E-state index contributed by atoms with van der Waals surface area (Å²) in [4.78, 5) is 0. The van der Waals surface area contributed by atoms with Crippen molar-refractivity contribution in [2.75, 3.05) is 0 Å². The molecule has 1 aliphatic carbocycles. The smallest absolute Gasteiger partial charge is 0.0933 e. The quantitative estimate of drug-likeness (QED) is 0.474. The third-order valence-electron chi connectivity index (χ3n) is 2.65. The van der Waals surface area contributed by atoms with Crippen LogP contribution in [0.2, 0.25) is 0 Å². The molecule has 0 bridgehead atoms. The minimum Gasteiger partial charge on any atom is -0.366 e. The van der Waals surface area contributed by atoms with Gasteiger partial charge in [-0.1, -0.05) is 0 Å². The number of fused-ring (bicyclic) bond motifs is 1. The van der Waals surface area contributed by atoms with Gasteiger partial charge < -0.3 is 4.74 Å².